The highest BCUT2D eigenvalue weighted by molar-refractivity contribution is 9.11. The van der Waals surface area contributed by atoms with Crippen molar-refractivity contribution in [1.29, 1.82) is 0 Å². The summed E-state index contributed by atoms with van der Waals surface area (Å²) in [5.74, 6) is 0. The molecule has 0 heterocycles. The van der Waals surface area contributed by atoms with Gasteiger partial charge >= 0.3 is 6.18 Å². The van der Waals surface area contributed by atoms with Gasteiger partial charge in [-0.15, -0.1) is 0 Å². The fourth-order valence-electron chi connectivity index (χ4n) is 1.73. The zero-order chi connectivity index (χ0) is 14.9. The first-order valence-electron chi connectivity index (χ1n) is 5.55. The van der Waals surface area contributed by atoms with Crippen molar-refractivity contribution in [2.45, 2.75) is 11.0 Å². The lowest BCUT2D eigenvalue weighted by molar-refractivity contribution is -0.137. The van der Waals surface area contributed by atoms with Gasteiger partial charge in [0.1, 0.15) is 0 Å². The van der Waals surface area contributed by atoms with E-state index in [0.29, 0.717) is 10.0 Å². The second kappa shape index (κ2) is 6.20. The Morgan fingerprint density at radius 2 is 1.50 bits per heavy atom. The number of hydrogen-bond acceptors (Lipinski definition) is 0. The molecule has 106 valence electrons. The van der Waals surface area contributed by atoms with E-state index in [2.05, 4.69) is 47.8 Å². The van der Waals surface area contributed by atoms with Crippen molar-refractivity contribution in [3.8, 4) is 0 Å². The molecule has 0 aromatic heterocycles. The summed E-state index contributed by atoms with van der Waals surface area (Å²) in [5.41, 5.74) is 0.771. The first-order chi connectivity index (χ1) is 9.29. The second-order valence-corrected chi connectivity index (χ2v) is 6.83. The minimum atomic E-state index is -4.35. The van der Waals surface area contributed by atoms with Gasteiger partial charge in [0.15, 0.2) is 0 Å². The summed E-state index contributed by atoms with van der Waals surface area (Å²) in [4.78, 5) is -0.313. The fraction of sp³-hybridized carbons (Fsp3) is 0.143. The van der Waals surface area contributed by atoms with E-state index in [4.69, 9.17) is 0 Å². The average molecular weight is 473 g/mol. The molecule has 2 rings (SSSR count). The highest BCUT2D eigenvalue weighted by Gasteiger charge is 2.31. The maximum atomic E-state index is 12.8. The van der Waals surface area contributed by atoms with E-state index in [1.165, 1.54) is 6.07 Å². The van der Waals surface area contributed by atoms with Crippen LogP contribution in [0.2, 0.25) is 0 Å². The molecule has 1 unspecified atom stereocenters. The molecule has 0 fully saturated rings. The molecule has 20 heavy (non-hydrogen) atoms. The standard InChI is InChI=1S/C14H8Br3F3/c15-10-4-1-8(2-5-10)13(17)11-7-9(14(18,19)20)3-6-12(11)16/h1-7,13H. The van der Waals surface area contributed by atoms with Gasteiger partial charge in [-0.05, 0) is 41.5 Å². The average Bonchev–Trinajstić information content (AvgIpc) is 2.38. The Labute approximate surface area is 139 Å². The number of alkyl halides is 4. The number of halogens is 6. The summed E-state index contributed by atoms with van der Waals surface area (Å²) in [7, 11) is 0. The SMILES string of the molecule is FC(F)(F)c1ccc(Br)c(C(Br)c2ccc(Br)cc2)c1. The van der Waals surface area contributed by atoms with Gasteiger partial charge in [-0.3, -0.25) is 0 Å². The molecule has 0 aliphatic rings. The molecule has 0 bridgehead atoms. The van der Waals surface area contributed by atoms with E-state index in [1.807, 2.05) is 24.3 Å². The van der Waals surface area contributed by atoms with Crippen molar-refractivity contribution >= 4 is 47.8 Å². The van der Waals surface area contributed by atoms with Crippen molar-refractivity contribution in [3.05, 3.63) is 68.1 Å². The molecule has 0 saturated carbocycles. The molecule has 0 N–H and O–H groups in total. The van der Waals surface area contributed by atoms with Gasteiger partial charge in [0.2, 0.25) is 0 Å². The van der Waals surface area contributed by atoms with Crippen LogP contribution in [-0.4, -0.2) is 0 Å². The topological polar surface area (TPSA) is 0 Å². The van der Waals surface area contributed by atoms with E-state index < -0.39 is 11.7 Å². The smallest absolute Gasteiger partial charge is 0.166 e. The number of hydrogen-bond donors (Lipinski definition) is 0. The van der Waals surface area contributed by atoms with E-state index in [-0.39, 0.29) is 4.83 Å². The summed E-state index contributed by atoms with van der Waals surface area (Å²) < 4.78 is 39.9. The van der Waals surface area contributed by atoms with Crippen molar-refractivity contribution in [2.75, 3.05) is 0 Å². The molecule has 0 aliphatic heterocycles. The van der Waals surface area contributed by atoms with E-state index in [9.17, 15) is 13.2 Å². The zero-order valence-corrected chi connectivity index (χ0v) is 14.6. The molecule has 0 aliphatic carbocycles. The van der Waals surface area contributed by atoms with Gasteiger partial charge in [-0.1, -0.05) is 59.9 Å². The van der Waals surface area contributed by atoms with Gasteiger partial charge in [-0.2, -0.15) is 13.2 Å². The normalized spacial score (nSPS) is 13.3. The minimum absolute atomic E-state index is 0.313. The Bertz CT molecular complexity index is 606. The first kappa shape index (κ1) is 16.0. The fourth-order valence-corrected chi connectivity index (χ4v) is 3.46. The molecular weight excluding hydrogens is 465 g/mol. The minimum Gasteiger partial charge on any atom is -0.166 e. The maximum absolute atomic E-state index is 12.8. The molecule has 0 saturated heterocycles. The van der Waals surface area contributed by atoms with Gasteiger partial charge in [0, 0.05) is 8.95 Å². The Morgan fingerprint density at radius 1 is 0.900 bits per heavy atom. The van der Waals surface area contributed by atoms with Crippen molar-refractivity contribution < 1.29 is 13.2 Å². The van der Waals surface area contributed by atoms with Crippen LogP contribution in [0, 0.1) is 0 Å². The third kappa shape index (κ3) is 3.65. The van der Waals surface area contributed by atoms with Crippen LogP contribution in [0.5, 0.6) is 0 Å². The van der Waals surface area contributed by atoms with Crippen LogP contribution >= 0.6 is 47.8 Å². The van der Waals surface area contributed by atoms with Crippen molar-refractivity contribution in [2.24, 2.45) is 0 Å². The molecule has 2 aromatic rings. The number of benzene rings is 2. The molecule has 0 spiro atoms. The van der Waals surface area contributed by atoms with Crippen LogP contribution in [0.4, 0.5) is 13.2 Å². The lowest BCUT2D eigenvalue weighted by Gasteiger charge is -2.15. The predicted molar refractivity (Wildman–Crippen MR) is 84.1 cm³/mol. The van der Waals surface area contributed by atoms with Crippen molar-refractivity contribution in [3.63, 3.8) is 0 Å². The van der Waals surface area contributed by atoms with Crippen LogP contribution in [0.3, 0.4) is 0 Å². The van der Waals surface area contributed by atoms with Crippen LogP contribution in [0.15, 0.2) is 51.4 Å². The maximum Gasteiger partial charge on any atom is 0.416 e. The second-order valence-electron chi connectivity index (χ2n) is 4.15. The monoisotopic (exact) mass is 470 g/mol. The van der Waals surface area contributed by atoms with E-state index in [0.717, 1.165) is 22.2 Å². The summed E-state index contributed by atoms with van der Waals surface area (Å²) in [6.45, 7) is 0. The molecule has 1 atom stereocenters. The molecule has 0 radical (unpaired) electrons. The van der Waals surface area contributed by atoms with Crippen LogP contribution in [-0.2, 0) is 6.18 Å². The number of rotatable bonds is 2. The summed E-state index contributed by atoms with van der Waals surface area (Å²) in [6.07, 6.45) is -4.35. The quantitative estimate of drug-likeness (QED) is 0.426. The van der Waals surface area contributed by atoms with Crippen LogP contribution in [0.25, 0.3) is 0 Å². The lowest BCUT2D eigenvalue weighted by atomic mass is 10.0. The molecule has 2 aromatic carbocycles. The summed E-state index contributed by atoms with van der Waals surface area (Å²) >= 11 is 10.1. The molecule has 0 nitrogen and oxygen atoms in total. The summed E-state index contributed by atoms with van der Waals surface area (Å²) in [5, 5.41) is 0. The zero-order valence-electron chi connectivity index (χ0n) is 9.89. The molecule has 6 heteroatoms. The molecule has 0 amide bonds. The Morgan fingerprint density at radius 3 is 2.05 bits per heavy atom. The van der Waals surface area contributed by atoms with Gasteiger partial charge in [-0.25, -0.2) is 0 Å². The predicted octanol–water partition coefficient (Wildman–Crippen LogP) is 6.71. The van der Waals surface area contributed by atoms with Gasteiger partial charge in [0.25, 0.3) is 0 Å². The highest BCUT2D eigenvalue weighted by atomic mass is 79.9. The third-order valence-corrected chi connectivity index (χ3v) is 5.03. The summed E-state index contributed by atoms with van der Waals surface area (Å²) in [6, 6.07) is 11.1. The van der Waals surface area contributed by atoms with E-state index >= 15 is 0 Å². The Kier molecular flexibility index (Phi) is 4.97. The van der Waals surface area contributed by atoms with Crippen LogP contribution < -0.4 is 0 Å². The first-order valence-corrected chi connectivity index (χ1v) is 8.05. The van der Waals surface area contributed by atoms with Gasteiger partial charge in [0.05, 0.1) is 10.4 Å². The Balaban J connectivity index is 2.43. The van der Waals surface area contributed by atoms with E-state index in [1.54, 1.807) is 0 Å². The van der Waals surface area contributed by atoms with Crippen LogP contribution in [0.1, 0.15) is 21.5 Å². The third-order valence-electron chi connectivity index (χ3n) is 2.76. The largest absolute Gasteiger partial charge is 0.416 e. The lowest BCUT2D eigenvalue weighted by Crippen LogP contribution is -2.06. The van der Waals surface area contributed by atoms with Crippen molar-refractivity contribution in [1.82, 2.24) is 0 Å². The Hall–Kier alpha value is -0.330. The highest BCUT2D eigenvalue weighted by Crippen LogP contribution is 2.39. The van der Waals surface area contributed by atoms with Gasteiger partial charge < -0.3 is 0 Å². The molecular formula is C14H8Br3F3.